The van der Waals surface area contributed by atoms with E-state index < -0.39 is 5.41 Å². The number of hydrogen-bond acceptors (Lipinski definition) is 2. The summed E-state index contributed by atoms with van der Waals surface area (Å²) in [4.78, 5) is 0. The van der Waals surface area contributed by atoms with Gasteiger partial charge in [-0.2, -0.15) is 0 Å². The first-order valence-electron chi connectivity index (χ1n) is 7.05. The first kappa shape index (κ1) is 15.5. The Kier molecular flexibility index (Phi) is 5.34. The van der Waals surface area contributed by atoms with E-state index in [2.05, 4.69) is 0 Å². The van der Waals surface area contributed by atoms with Gasteiger partial charge in [-0.3, -0.25) is 4.39 Å². The highest BCUT2D eigenvalue weighted by atomic mass is 19.1. The molecule has 0 radical (unpaired) electrons. The maximum Gasteiger partial charge on any atom is 0.127 e. The van der Waals surface area contributed by atoms with Crippen molar-refractivity contribution in [2.45, 2.75) is 20.5 Å². The quantitative estimate of drug-likeness (QED) is 0.714. The monoisotopic (exact) mass is 288 g/mol. The zero-order chi connectivity index (χ0) is 15.1. The highest BCUT2D eigenvalue weighted by Crippen LogP contribution is 2.23. The van der Waals surface area contributed by atoms with E-state index in [1.165, 1.54) is 0 Å². The molecular weight excluding hydrogens is 267 g/mol. The Bertz CT molecular complexity index is 552. The highest BCUT2D eigenvalue weighted by Gasteiger charge is 2.17. The van der Waals surface area contributed by atoms with Crippen LogP contribution in [0.4, 0.5) is 4.39 Å². The Morgan fingerprint density at radius 1 is 0.952 bits per heavy atom. The molecule has 2 aromatic rings. The number of halogens is 1. The van der Waals surface area contributed by atoms with Crippen molar-refractivity contribution in [2.75, 3.05) is 13.3 Å². The standard InChI is InChI=1S/C18H21FO2/c1-18(2,13-19)14-20-12-15-7-6-10-17(11-15)21-16-8-4-3-5-9-16/h3-11H,12-14H2,1-2H3. The molecule has 112 valence electrons. The van der Waals surface area contributed by atoms with Crippen molar-refractivity contribution in [1.82, 2.24) is 0 Å². The van der Waals surface area contributed by atoms with Crippen molar-refractivity contribution < 1.29 is 13.9 Å². The predicted molar refractivity (Wildman–Crippen MR) is 82.4 cm³/mol. The van der Waals surface area contributed by atoms with Gasteiger partial charge >= 0.3 is 0 Å². The molecule has 0 aliphatic rings. The largest absolute Gasteiger partial charge is 0.457 e. The molecule has 0 bridgehead atoms. The summed E-state index contributed by atoms with van der Waals surface area (Å²) in [6.07, 6.45) is 0. The zero-order valence-corrected chi connectivity index (χ0v) is 12.5. The molecule has 2 nitrogen and oxygen atoms in total. The SMILES string of the molecule is CC(C)(CF)COCc1cccc(Oc2ccccc2)c1. The number of benzene rings is 2. The minimum Gasteiger partial charge on any atom is -0.457 e. The van der Waals surface area contributed by atoms with Crippen LogP contribution in [0.1, 0.15) is 19.4 Å². The van der Waals surface area contributed by atoms with Crippen molar-refractivity contribution in [2.24, 2.45) is 5.41 Å². The molecule has 3 heteroatoms. The molecule has 0 aliphatic carbocycles. The fraction of sp³-hybridized carbons (Fsp3) is 0.333. The Morgan fingerprint density at radius 2 is 1.67 bits per heavy atom. The maximum atomic E-state index is 12.7. The second-order valence-corrected chi connectivity index (χ2v) is 5.85. The van der Waals surface area contributed by atoms with Crippen LogP contribution in [-0.2, 0) is 11.3 Å². The first-order valence-corrected chi connectivity index (χ1v) is 7.05. The Hall–Kier alpha value is -1.87. The third kappa shape index (κ3) is 5.20. The third-order valence-electron chi connectivity index (χ3n) is 3.00. The summed E-state index contributed by atoms with van der Waals surface area (Å²) in [5.74, 6) is 1.57. The van der Waals surface area contributed by atoms with Gasteiger partial charge in [-0.15, -0.1) is 0 Å². The highest BCUT2D eigenvalue weighted by molar-refractivity contribution is 5.33. The lowest BCUT2D eigenvalue weighted by atomic mass is 9.97. The van der Waals surface area contributed by atoms with Crippen LogP contribution in [0.15, 0.2) is 54.6 Å². The predicted octanol–water partition coefficient (Wildman–Crippen LogP) is 4.99. The number of hydrogen-bond donors (Lipinski definition) is 0. The summed E-state index contributed by atoms with van der Waals surface area (Å²) in [6.45, 7) is 4.16. The van der Waals surface area contributed by atoms with E-state index in [-0.39, 0.29) is 6.67 Å². The Balaban J connectivity index is 1.92. The van der Waals surface area contributed by atoms with Gasteiger partial charge in [-0.1, -0.05) is 44.2 Å². The number of rotatable bonds is 7. The molecule has 0 amide bonds. The fourth-order valence-corrected chi connectivity index (χ4v) is 1.81. The van der Waals surface area contributed by atoms with E-state index >= 15 is 0 Å². The molecule has 21 heavy (non-hydrogen) atoms. The van der Waals surface area contributed by atoms with Gasteiger partial charge in [-0.25, -0.2) is 0 Å². The van der Waals surface area contributed by atoms with Crippen LogP contribution in [0, 0.1) is 5.41 Å². The van der Waals surface area contributed by atoms with Gasteiger partial charge in [0, 0.05) is 5.41 Å². The Morgan fingerprint density at radius 3 is 2.38 bits per heavy atom. The van der Waals surface area contributed by atoms with Gasteiger partial charge < -0.3 is 9.47 Å². The third-order valence-corrected chi connectivity index (χ3v) is 3.00. The molecule has 0 N–H and O–H groups in total. The minimum absolute atomic E-state index is 0.385. The van der Waals surface area contributed by atoms with Crippen molar-refractivity contribution in [3.05, 3.63) is 60.2 Å². The topological polar surface area (TPSA) is 18.5 Å². The first-order chi connectivity index (χ1) is 10.1. The van der Waals surface area contributed by atoms with Gasteiger partial charge in [0.15, 0.2) is 0 Å². The molecule has 0 saturated heterocycles. The molecule has 0 fully saturated rings. The Labute approximate surface area is 125 Å². The molecular formula is C18H21FO2. The molecule has 0 saturated carbocycles. The summed E-state index contributed by atoms with van der Waals surface area (Å²) >= 11 is 0. The van der Waals surface area contributed by atoms with E-state index in [0.29, 0.717) is 13.2 Å². The van der Waals surface area contributed by atoms with Crippen LogP contribution in [0.2, 0.25) is 0 Å². The van der Waals surface area contributed by atoms with Crippen LogP contribution >= 0.6 is 0 Å². The summed E-state index contributed by atoms with van der Waals surface area (Å²) in [5, 5.41) is 0. The molecule has 0 heterocycles. The minimum atomic E-state index is -0.432. The van der Waals surface area contributed by atoms with E-state index in [0.717, 1.165) is 17.1 Å². The van der Waals surface area contributed by atoms with Crippen LogP contribution < -0.4 is 4.74 Å². The number of para-hydroxylation sites is 1. The molecule has 0 aromatic heterocycles. The van der Waals surface area contributed by atoms with Crippen LogP contribution in [0.5, 0.6) is 11.5 Å². The zero-order valence-electron chi connectivity index (χ0n) is 12.5. The summed E-state index contributed by atoms with van der Waals surface area (Å²) in [5.41, 5.74) is 0.580. The molecule has 2 rings (SSSR count). The van der Waals surface area contributed by atoms with Gasteiger partial charge in [-0.05, 0) is 29.8 Å². The van der Waals surface area contributed by atoms with Gasteiger partial charge in [0.25, 0.3) is 0 Å². The van der Waals surface area contributed by atoms with E-state index in [1.807, 2.05) is 68.4 Å². The van der Waals surface area contributed by atoms with Crippen LogP contribution in [0.25, 0.3) is 0 Å². The van der Waals surface area contributed by atoms with E-state index in [4.69, 9.17) is 9.47 Å². The van der Waals surface area contributed by atoms with Crippen molar-refractivity contribution in [3.8, 4) is 11.5 Å². The fourth-order valence-electron chi connectivity index (χ4n) is 1.81. The second-order valence-electron chi connectivity index (χ2n) is 5.85. The lowest BCUT2D eigenvalue weighted by Gasteiger charge is -2.20. The number of ether oxygens (including phenoxy) is 2. The lowest BCUT2D eigenvalue weighted by molar-refractivity contribution is 0.0386. The van der Waals surface area contributed by atoms with Crippen molar-refractivity contribution in [1.29, 1.82) is 0 Å². The van der Waals surface area contributed by atoms with Gasteiger partial charge in [0.1, 0.15) is 11.5 Å². The van der Waals surface area contributed by atoms with E-state index in [1.54, 1.807) is 0 Å². The molecule has 0 aliphatic heterocycles. The molecule has 0 unspecified atom stereocenters. The van der Waals surface area contributed by atoms with Crippen LogP contribution in [-0.4, -0.2) is 13.3 Å². The average molecular weight is 288 g/mol. The normalized spacial score (nSPS) is 11.4. The molecule has 2 aromatic carbocycles. The second kappa shape index (κ2) is 7.23. The number of alkyl halides is 1. The summed E-state index contributed by atoms with van der Waals surface area (Å²) in [6, 6.07) is 17.4. The smallest absolute Gasteiger partial charge is 0.127 e. The average Bonchev–Trinajstić information content (AvgIpc) is 2.48. The summed E-state index contributed by atoms with van der Waals surface area (Å²) in [7, 11) is 0. The lowest BCUT2D eigenvalue weighted by Crippen LogP contribution is -2.21. The van der Waals surface area contributed by atoms with Gasteiger partial charge in [0.05, 0.1) is 19.9 Å². The molecule has 0 spiro atoms. The van der Waals surface area contributed by atoms with Crippen LogP contribution in [0.3, 0.4) is 0 Å². The summed E-state index contributed by atoms with van der Waals surface area (Å²) < 4.78 is 24.1. The maximum absolute atomic E-state index is 12.7. The van der Waals surface area contributed by atoms with Gasteiger partial charge in [0.2, 0.25) is 0 Å². The van der Waals surface area contributed by atoms with Crippen molar-refractivity contribution >= 4 is 0 Å². The van der Waals surface area contributed by atoms with E-state index in [9.17, 15) is 4.39 Å². The molecule has 0 atom stereocenters. The van der Waals surface area contributed by atoms with Crippen molar-refractivity contribution in [3.63, 3.8) is 0 Å².